The average molecular weight is 396 g/mol. The summed E-state index contributed by atoms with van der Waals surface area (Å²) < 4.78 is 27.3. The van der Waals surface area contributed by atoms with Gasteiger partial charge in [0, 0.05) is 18.0 Å². The molecule has 0 fully saturated rings. The van der Waals surface area contributed by atoms with Gasteiger partial charge in [-0.25, -0.2) is 9.37 Å². The Kier molecular flexibility index (Phi) is 3.87. The maximum Gasteiger partial charge on any atom is 0.231 e. The van der Waals surface area contributed by atoms with E-state index in [-0.39, 0.29) is 12.4 Å². The van der Waals surface area contributed by atoms with Crippen molar-refractivity contribution in [2.75, 3.05) is 12.1 Å². The summed E-state index contributed by atoms with van der Waals surface area (Å²) >= 11 is 6.32. The second kappa shape index (κ2) is 6.42. The number of benzene rings is 2. The fraction of sp³-hybridized carbons (Fsp3) is 0.0952. The Morgan fingerprint density at radius 1 is 1.11 bits per heavy atom. The molecule has 7 heteroatoms. The minimum atomic E-state index is -0.429. The first kappa shape index (κ1) is 16.9. The van der Waals surface area contributed by atoms with Crippen molar-refractivity contribution in [2.45, 2.75) is 6.92 Å². The number of anilines is 2. The van der Waals surface area contributed by atoms with Gasteiger partial charge >= 0.3 is 0 Å². The number of aromatic nitrogens is 2. The largest absolute Gasteiger partial charge is 0.454 e. The second-order valence-electron chi connectivity index (χ2n) is 6.53. The number of imidazole rings is 1. The molecule has 0 radical (unpaired) electrons. The first-order chi connectivity index (χ1) is 13.6. The Bertz CT molecular complexity index is 1200. The van der Waals surface area contributed by atoms with Crippen LogP contribution in [0, 0.1) is 12.7 Å². The fourth-order valence-electron chi connectivity index (χ4n) is 3.28. The van der Waals surface area contributed by atoms with Crippen molar-refractivity contribution >= 4 is 28.8 Å². The summed E-state index contributed by atoms with van der Waals surface area (Å²) in [6.07, 6.45) is 1.94. The van der Waals surface area contributed by atoms with Gasteiger partial charge in [-0.05, 0) is 42.8 Å². The van der Waals surface area contributed by atoms with Crippen molar-refractivity contribution in [3.05, 3.63) is 71.1 Å². The van der Waals surface area contributed by atoms with E-state index in [1.54, 1.807) is 12.1 Å². The molecule has 2 aromatic carbocycles. The van der Waals surface area contributed by atoms with Crippen molar-refractivity contribution in [3.8, 4) is 22.8 Å². The van der Waals surface area contributed by atoms with Crippen molar-refractivity contribution < 1.29 is 13.9 Å². The zero-order chi connectivity index (χ0) is 19.3. The van der Waals surface area contributed by atoms with Gasteiger partial charge in [0.25, 0.3) is 0 Å². The third-order valence-corrected chi connectivity index (χ3v) is 4.92. The molecular weight excluding hydrogens is 381 g/mol. The molecular formula is C21H15ClFN3O2. The molecule has 0 bridgehead atoms. The number of aryl methyl sites for hydroxylation is 1. The molecule has 1 aliphatic rings. The number of hydrogen-bond donors (Lipinski definition) is 1. The molecule has 3 heterocycles. The first-order valence-electron chi connectivity index (χ1n) is 8.70. The highest BCUT2D eigenvalue weighted by Crippen LogP contribution is 2.39. The summed E-state index contributed by atoms with van der Waals surface area (Å²) in [6, 6.07) is 14.0. The van der Waals surface area contributed by atoms with E-state index in [1.807, 2.05) is 47.9 Å². The van der Waals surface area contributed by atoms with Gasteiger partial charge in [-0.3, -0.25) is 4.40 Å². The minimum Gasteiger partial charge on any atom is -0.454 e. The van der Waals surface area contributed by atoms with Gasteiger partial charge in [0.2, 0.25) is 6.79 Å². The van der Waals surface area contributed by atoms with E-state index in [2.05, 4.69) is 10.3 Å². The number of fused-ring (bicyclic) bond motifs is 2. The van der Waals surface area contributed by atoms with E-state index < -0.39 is 5.82 Å². The third-order valence-electron chi connectivity index (χ3n) is 4.60. The summed E-state index contributed by atoms with van der Waals surface area (Å²) in [5.41, 5.74) is 3.19. The minimum absolute atomic E-state index is 0.198. The van der Waals surface area contributed by atoms with E-state index in [0.717, 1.165) is 11.3 Å². The van der Waals surface area contributed by atoms with Crippen LogP contribution in [0.5, 0.6) is 11.5 Å². The lowest BCUT2D eigenvalue weighted by Gasteiger charge is -2.11. The van der Waals surface area contributed by atoms with Crippen LogP contribution in [0.1, 0.15) is 5.56 Å². The molecule has 0 aliphatic carbocycles. The van der Waals surface area contributed by atoms with Crippen LogP contribution in [0.4, 0.5) is 15.9 Å². The zero-order valence-corrected chi connectivity index (χ0v) is 15.6. The van der Waals surface area contributed by atoms with Crippen LogP contribution in [-0.2, 0) is 0 Å². The van der Waals surface area contributed by atoms with Crippen molar-refractivity contribution in [3.63, 3.8) is 0 Å². The van der Waals surface area contributed by atoms with Gasteiger partial charge in [0.1, 0.15) is 23.0 Å². The Labute approximate surface area is 165 Å². The van der Waals surface area contributed by atoms with Gasteiger partial charge in [-0.15, -0.1) is 0 Å². The molecule has 0 atom stereocenters. The molecule has 5 nitrogen and oxygen atoms in total. The molecule has 1 N–H and O–H groups in total. The normalized spacial score (nSPS) is 12.5. The Morgan fingerprint density at radius 3 is 2.82 bits per heavy atom. The van der Waals surface area contributed by atoms with Crippen molar-refractivity contribution in [2.24, 2.45) is 0 Å². The smallest absolute Gasteiger partial charge is 0.231 e. The number of nitrogens with zero attached hydrogens (tertiary/aromatic N) is 2. The Balaban J connectivity index is 1.71. The molecule has 4 aromatic rings. The number of pyridine rings is 1. The SMILES string of the molecule is Cc1ccc2nc(-c3c(F)cccc3Cl)c(Nc3ccc4c(c3)OCO4)n2c1. The monoisotopic (exact) mass is 395 g/mol. The summed E-state index contributed by atoms with van der Waals surface area (Å²) in [5.74, 6) is 1.53. The Morgan fingerprint density at radius 2 is 1.96 bits per heavy atom. The second-order valence-corrected chi connectivity index (χ2v) is 6.94. The maximum atomic E-state index is 14.6. The van der Waals surface area contributed by atoms with Crippen molar-refractivity contribution in [1.29, 1.82) is 0 Å². The molecule has 140 valence electrons. The molecule has 1 aliphatic heterocycles. The van der Waals surface area contributed by atoms with Gasteiger partial charge in [-0.1, -0.05) is 23.7 Å². The number of nitrogens with one attached hydrogen (secondary N) is 1. The van der Waals surface area contributed by atoms with Gasteiger partial charge < -0.3 is 14.8 Å². The number of hydrogen-bond acceptors (Lipinski definition) is 4. The predicted octanol–water partition coefficient (Wildman–Crippen LogP) is 5.57. The Hall–Kier alpha value is -3.25. The van der Waals surface area contributed by atoms with Crippen molar-refractivity contribution in [1.82, 2.24) is 9.38 Å². The summed E-state index contributed by atoms with van der Waals surface area (Å²) in [7, 11) is 0. The molecule has 0 spiro atoms. The van der Waals surface area contributed by atoms with E-state index in [0.29, 0.717) is 33.7 Å². The molecule has 0 amide bonds. The molecule has 28 heavy (non-hydrogen) atoms. The molecule has 0 saturated heterocycles. The highest BCUT2D eigenvalue weighted by Gasteiger charge is 2.21. The van der Waals surface area contributed by atoms with E-state index in [9.17, 15) is 4.39 Å². The van der Waals surface area contributed by atoms with E-state index in [4.69, 9.17) is 21.1 Å². The fourth-order valence-corrected chi connectivity index (χ4v) is 3.53. The summed E-state index contributed by atoms with van der Waals surface area (Å²) in [6.45, 7) is 2.18. The topological polar surface area (TPSA) is 47.8 Å². The average Bonchev–Trinajstić information content (AvgIpc) is 3.27. The van der Waals surface area contributed by atoms with E-state index >= 15 is 0 Å². The zero-order valence-electron chi connectivity index (χ0n) is 14.9. The van der Waals surface area contributed by atoms with Crippen LogP contribution >= 0.6 is 11.6 Å². The number of rotatable bonds is 3. The van der Waals surface area contributed by atoms with Gasteiger partial charge in [-0.2, -0.15) is 0 Å². The number of ether oxygens (including phenoxy) is 2. The molecule has 2 aromatic heterocycles. The van der Waals surface area contributed by atoms with Crippen LogP contribution in [-0.4, -0.2) is 16.2 Å². The molecule has 5 rings (SSSR count). The summed E-state index contributed by atoms with van der Waals surface area (Å²) in [5, 5.41) is 3.64. The number of halogens is 2. The van der Waals surface area contributed by atoms with Crippen LogP contribution in [0.3, 0.4) is 0 Å². The predicted molar refractivity (Wildman–Crippen MR) is 106 cm³/mol. The highest BCUT2D eigenvalue weighted by atomic mass is 35.5. The van der Waals surface area contributed by atoms with Crippen LogP contribution in [0.25, 0.3) is 16.9 Å². The van der Waals surface area contributed by atoms with Gasteiger partial charge in [0.15, 0.2) is 11.5 Å². The lowest BCUT2D eigenvalue weighted by atomic mass is 10.1. The molecule has 0 saturated carbocycles. The first-order valence-corrected chi connectivity index (χ1v) is 9.08. The quantitative estimate of drug-likeness (QED) is 0.492. The van der Waals surface area contributed by atoms with Gasteiger partial charge in [0.05, 0.1) is 10.6 Å². The highest BCUT2D eigenvalue weighted by molar-refractivity contribution is 6.33. The maximum absolute atomic E-state index is 14.6. The van der Waals surface area contributed by atoms with Crippen LogP contribution < -0.4 is 14.8 Å². The van der Waals surface area contributed by atoms with Crippen LogP contribution in [0.15, 0.2) is 54.7 Å². The lowest BCUT2D eigenvalue weighted by Crippen LogP contribution is -1.98. The summed E-state index contributed by atoms with van der Waals surface area (Å²) in [4.78, 5) is 4.63. The van der Waals surface area contributed by atoms with E-state index in [1.165, 1.54) is 6.07 Å². The molecule has 0 unspecified atom stereocenters. The third kappa shape index (κ3) is 2.73. The van der Waals surface area contributed by atoms with Crippen LogP contribution in [0.2, 0.25) is 5.02 Å². The lowest BCUT2D eigenvalue weighted by molar-refractivity contribution is 0.174. The standard InChI is InChI=1S/C21H15ClFN3O2/c1-12-5-8-18-25-20(19-14(22)3-2-4-15(19)23)21(26(18)10-12)24-13-6-7-16-17(9-13)28-11-27-16/h2-10,24H,11H2,1H3.